The van der Waals surface area contributed by atoms with Gasteiger partial charge in [0.2, 0.25) is 0 Å². The van der Waals surface area contributed by atoms with E-state index in [0.717, 1.165) is 6.07 Å². The average Bonchev–Trinajstić information content (AvgIpc) is 2.49. The second-order valence-corrected chi connectivity index (χ2v) is 6.45. The van der Waals surface area contributed by atoms with E-state index in [4.69, 9.17) is 4.74 Å². The van der Waals surface area contributed by atoms with Gasteiger partial charge in [0.15, 0.2) is 0 Å². The molecule has 122 valence electrons. The summed E-state index contributed by atoms with van der Waals surface area (Å²) in [5.41, 5.74) is 0.506. The number of ether oxygens (including phenoxy) is 1. The molecule has 7 nitrogen and oxygen atoms in total. The Balaban J connectivity index is 2.28. The molecule has 0 atom stereocenters. The van der Waals surface area contributed by atoms with Crippen LogP contribution in [0.15, 0.2) is 47.4 Å². The molecule has 0 aliphatic heterocycles. The fourth-order valence-electron chi connectivity index (χ4n) is 1.95. The zero-order chi connectivity index (χ0) is 17.0. The van der Waals surface area contributed by atoms with E-state index < -0.39 is 14.9 Å². The lowest BCUT2D eigenvalue weighted by Crippen LogP contribution is -2.13. The summed E-state index contributed by atoms with van der Waals surface area (Å²) in [6.07, 6.45) is 0. The lowest BCUT2D eigenvalue weighted by molar-refractivity contribution is -0.385. The van der Waals surface area contributed by atoms with Gasteiger partial charge in [-0.25, -0.2) is 8.42 Å². The number of hydrogen-bond acceptors (Lipinski definition) is 5. The van der Waals surface area contributed by atoms with Gasteiger partial charge in [-0.2, -0.15) is 0 Å². The van der Waals surface area contributed by atoms with Crippen LogP contribution in [0.4, 0.5) is 11.4 Å². The van der Waals surface area contributed by atoms with Crippen molar-refractivity contribution in [2.75, 3.05) is 11.3 Å². The largest absolute Gasteiger partial charge is 0.494 e. The van der Waals surface area contributed by atoms with Crippen LogP contribution in [0, 0.1) is 17.0 Å². The number of nitrogens with zero attached hydrogens (tertiary/aromatic N) is 1. The zero-order valence-corrected chi connectivity index (χ0v) is 13.5. The summed E-state index contributed by atoms with van der Waals surface area (Å²) in [7, 11) is -3.91. The smallest absolute Gasteiger partial charge is 0.273 e. The first kappa shape index (κ1) is 16.8. The summed E-state index contributed by atoms with van der Waals surface area (Å²) in [5, 5.41) is 10.9. The number of sulfonamides is 1. The average molecular weight is 336 g/mol. The summed E-state index contributed by atoms with van der Waals surface area (Å²) in [5.74, 6) is 0.626. The maximum absolute atomic E-state index is 12.3. The van der Waals surface area contributed by atoms with Crippen molar-refractivity contribution in [2.24, 2.45) is 0 Å². The van der Waals surface area contributed by atoms with Crippen molar-refractivity contribution < 1.29 is 18.1 Å². The first-order chi connectivity index (χ1) is 10.8. The second-order valence-electron chi connectivity index (χ2n) is 4.77. The molecule has 1 N–H and O–H groups in total. The van der Waals surface area contributed by atoms with Gasteiger partial charge >= 0.3 is 0 Å². The van der Waals surface area contributed by atoms with Crippen LogP contribution in [0.25, 0.3) is 0 Å². The number of nitro groups is 1. The standard InChI is InChI=1S/C15H16N2O5S/c1-3-22-13-7-5-12(6-8-13)16-23(20,21)14-9-4-11(2)15(10-14)17(18)19/h4-10,16H,3H2,1-2H3. The number of benzene rings is 2. The van der Waals surface area contributed by atoms with E-state index in [2.05, 4.69) is 4.72 Å². The minimum atomic E-state index is -3.91. The van der Waals surface area contributed by atoms with Gasteiger partial charge in [0.25, 0.3) is 15.7 Å². The SMILES string of the molecule is CCOc1ccc(NS(=O)(=O)c2ccc(C)c([N+](=O)[O-])c2)cc1. The van der Waals surface area contributed by atoms with Crippen molar-refractivity contribution in [3.05, 3.63) is 58.1 Å². The van der Waals surface area contributed by atoms with E-state index in [9.17, 15) is 18.5 Å². The molecule has 23 heavy (non-hydrogen) atoms. The Labute approximate surface area is 134 Å². The molecule has 8 heteroatoms. The predicted octanol–water partition coefficient (Wildman–Crippen LogP) is 3.10. The van der Waals surface area contributed by atoms with Crippen molar-refractivity contribution >= 4 is 21.4 Å². The van der Waals surface area contributed by atoms with Crippen LogP contribution >= 0.6 is 0 Å². The molecule has 0 aliphatic carbocycles. The summed E-state index contributed by atoms with van der Waals surface area (Å²) >= 11 is 0. The molecule has 2 aromatic rings. The quantitative estimate of drug-likeness (QED) is 0.645. The molecule has 0 unspecified atom stereocenters. The van der Waals surface area contributed by atoms with Crippen molar-refractivity contribution in [1.82, 2.24) is 0 Å². The lowest BCUT2D eigenvalue weighted by atomic mass is 10.2. The van der Waals surface area contributed by atoms with Crippen LogP contribution in [0.1, 0.15) is 12.5 Å². The van der Waals surface area contributed by atoms with Crippen LogP contribution in [0.5, 0.6) is 5.75 Å². The van der Waals surface area contributed by atoms with Crippen LogP contribution in [-0.2, 0) is 10.0 Å². The topological polar surface area (TPSA) is 98.5 Å². The van der Waals surface area contributed by atoms with Gasteiger partial charge in [0, 0.05) is 17.3 Å². The first-order valence-electron chi connectivity index (χ1n) is 6.84. The van der Waals surface area contributed by atoms with Gasteiger partial charge in [-0.05, 0) is 44.2 Å². The third-order valence-corrected chi connectivity index (χ3v) is 4.48. The predicted molar refractivity (Wildman–Crippen MR) is 86.3 cm³/mol. The van der Waals surface area contributed by atoms with E-state index in [1.54, 1.807) is 31.2 Å². The summed E-state index contributed by atoms with van der Waals surface area (Å²) in [6, 6.07) is 10.2. The van der Waals surface area contributed by atoms with Gasteiger partial charge in [0.05, 0.1) is 16.4 Å². The second kappa shape index (κ2) is 6.66. The molecular formula is C15H16N2O5S. The van der Waals surface area contributed by atoms with Crippen molar-refractivity contribution in [1.29, 1.82) is 0 Å². The zero-order valence-electron chi connectivity index (χ0n) is 12.6. The third-order valence-electron chi connectivity index (χ3n) is 3.11. The minimum Gasteiger partial charge on any atom is -0.494 e. The van der Waals surface area contributed by atoms with Crippen LogP contribution < -0.4 is 9.46 Å². The Hall–Kier alpha value is -2.61. The fourth-order valence-corrected chi connectivity index (χ4v) is 3.03. The Morgan fingerprint density at radius 3 is 2.39 bits per heavy atom. The molecule has 0 radical (unpaired) electrons. The molecule has 2 aromatic carbocycles. The molecule has 0 fully saturated rings. The normalized spacial score (nSPS) is 11.0. The van der Waals surface area contributed by atoms with Gasteiger partial charge in [0.1, 0.15) is 5.75 Å². The fraction of sp³-hybridized carbons (Fsp3) is 0.200. The Bertz CT molecular complexity index is 816. The third kappa shape index (κ3) is 3.98. The minimum absolute atomic E-state index is 0.163. The number of rotatable bonds is 6. The molecule has 0 bridgehead atoms. The number of nitro benzene ring substituents is 1. The maximum atomic E-state index is 12.3. The van der Waals surface area contributed by atoms with Crippen molar-refractivity contribution in [3.8, 4) is 5.75 Å². The van der Waals surface area contributed by atoms with Crippen LogP contribution in [-0.4, -0.2) is 19.9 Å². The molecule has 0 aromatic heterocycles. The number of nitrogens with one attached hydrogen (secondary N) is 1. The van der Waals surface area contributed by atoms with Crippen LogP contribution in [0.2, 0.25) is 0 Å². The summed E-state index contributed by atoms with van der Waals surface area (Å²) in [4.78, 5) is 10.2. The van der Waals surface area contributed by atoms with Gasteiger partial charge in [-0.15, -0.1) is 0 Å². The van der Waals surface area contributed by atoms with Crippen LogP contribution in [0.3, 0.4) is 0 Å². The molecule has 0 spiro atoms. The van der Waals surface area contributed by atoms with E-state index in [0.29, 0.717) is 23.6 Å². The molecule has 2 rings (SSSR count). The molecule has 0 saturated heterocycles. The summed E-state index contributed by atoms with van der Waals surface area (Å²) < 4.78 is 32.3. The van der Waals surface area contributed by atoms with E-state index in [-0.39, 0.29) is 10.6 Å². The van der Waals surface area contributed by atoms with E-state index in [1.807, 2.05) is 6.92 Å². The highest BCUT2D eigenvalue weighted by molar-refractivity contribution is 7.92. The molecular weight excluding hydrogens is 320 g/mol. The van der Waals surface area contributed by atoms with E-state index in [1.165, 1.54) is 12.1 Å². The van der Waals surface area contributed by atoms with Crippen molar-refractivity contribution in [2.45, 2.75) is 18.7 Å². The maximum Gasteiger partial charge on any atom is 0.273 e. The van der Waals surface area contributed by atoms with Crippen molar-refractivity contribution in [3.63, 3.8) is 0 Å². The first-order valence-corrected chi connectivity index (χ1v) is 8.32. The molecule has 0 saturated carbocycles. The highest BCUT2D eigenvalue weighted by Gasteiger charge is 2.19. The highest BCUT2D eigenvalue weighted by atomic mass is 32.2. The van der Waals surface area contributed by atoms with E-state index >= 15 is 0 Å². The summed E-state index contributed by atoms with van der Waals surface area (Å²) in [6.45, 7) is 3.91. The number of aryl methyl sites for hydroxylation is 1. The molecule has 0 heterocycles. The Morgan fingerprint density at radius 1 is 1.17 bits per heavy atom. The van der Waals surface area contributed by atoms with Gasteiger partial charge in [-0.3, -0.25) is 14.8 Å². The van der Waals surface area contributed by atoms with Gasteiger partial charge in [-0.1, -0.05) is 6.07 Å². The molecule has 0 amide bonds. The lowest BCUT2D eigenvalue weighted by Gasteiger charge is -2.09. The Morgan fingerprint density at radius 2 is 1.83 bits per heavy atom. The molecule has 0 aliphatic rings. The highest BCUT2D eigenvalue weighted by Crippen LogP contribution is 2.24. The number of anilines is 1. The monoisotopic (exact) mass is 336 g/mol. The van der Waals surface area contributed by atoms with Gasteiger partial charge < -0.3 is 4.74 Å². The number of hydrogen-bond donors (Lipinski definition) is 1. The Kier molecular flexibility index (Phi) is 4.85.